The third kappa shape index (κ3) is 4.00. The van der Waals surface area contributed by atoms with E-state index in [4.69, 9.17) is 0 Å². The standard InChI is InChI=1S/C21H22N6O3/c1-12-9-13(2)24-20(23-12)26-21-25-18(28)10-17(19(29)30)27(21)8-7-14-11-22-16-6-4-3-5-15(14)16/h3-6,9,11,17,22H,7-8,10H2,1-2H3,(H,29,30)(H,23,24,25,26,28)/p-1/t17-/m0/s1. The second kappa shape index (κ2) is 7.94. The van der Waals surface area contributed by atoms with Crippen molar-refractivity contribution in [1.82, 2.24) is 25.2 Å². The third-order valence-electron chi connectivity index (χ3n) is 5.02. The molecule has 3 heterocycles. The average molecular weight is 405 g/mol. The first kappa shape index (κ1) is 19.6. The number of aliphatic imine (C=N–C) groups is 1. The number of carboxylic acids is 1. The summed E-state index contributed by atoms with van der Waals surface area (Å²) >= 11 is 0. The van der Waals surface area contributed by atoms with Gasteiger partial charge in [0.05, 0.1) is 18.4 Å². The fourth-order valence-corrected chi connectivity index (χ4v) is 3.68. The maximum atomic E-state index is 12.1. The summed E-state index contributed by atoms with van der Waals surface area (Å²) in [6, 6.07) is 8.58. The van der Waals surface area contributed by atoms with Gasteiger partial charge in [0, 0.05) is 35.0 Å². The highest BCUT2D eigenvalue weighted by Gasteiger charge is 2.32. The Morgan fingerprint density at radius 3 is 2.73 bits per heavy atom. The van der Waals surface area contributed by atoms with Gasteiger partial charge in [0.1, 0.15) is 0 Å². The Balaban J connectivity index is 1.66. The normalized spacial score (nSPS) is 18.1. The molecule has 1 atom stereocenters. The molecule has 2 aromatic heterocycles. The monoisotopic (exact) mass is 405 g/mol. The molecule has 1 amide bonds. The summed E-state index contributed by atoms with van der Waals surface area (Å²) in [6.07, 6.45) is 2.25. The average Bonchev–Trinajstić information content (AvgIpc) is 3.09. The molecule has 0 bridgehead atoms. The van der Waals surface area contributed by atoms with Crippen LogP contribution in [0.3, 0.4) is 0 Å². The number of para-hydroxylation sites is 1. The summed E-state index contributed by atoms with van der Waals surface area (Å²) in [6.45, 7) is 3.96. The summed E-state index contributed by atoms with van der Waals surface area (Å²) in [7, 11) is 0. The van der Waals surface area contributed by atoms with Crippen LogP contribution in [-0.2, 0) is 16.0 Å². The van der Waals surface area contributed by atoms with E-state index < -0.39 is 17.9 Å². The number of nitrogens with zero attached hydrogens (tertiary/aromatic N) is 4. The van der Waals surface area contributed by atoms with Gasteiger partial charge in [-0.15, -0.1) is 0 Å². The first-order valence-electron chi connectivity index (χ1n) is 9.64. The van der Waals surface area contributed by atoms with Crippen LogP contribution in [0.25, 0.3) is 10.9 Å². The van der Waals surface area contributed by atoms with E-state index in [9.17, 15) is 14.7 Å². The van der Waals surface area contributed by atoms with Crippen LogP contribution in [0.15, 0.2) is 41.5 Å². The number of hydrogen-bond acceptors (Lipinski definition) is 6. The molecule has 0 unspecified atom stereocenters. The molecular formula is C21H21N6O3-. The number of aromatic amines is 1. The van der Waals surface area contributed by atoms with Crippen molar-refractivity contribution < 1.29 is 14.7 Å². The van der Waals surface area contributed by atoms with Gasteiger partial charge < -0.3 is 19.8 Å². The maximum Gasteiger partial charge on any atom is 0.253 e. The zero-order chi connectivity index (χ0) is 21.3. The van der Waals surface area contributed by atoms with Crippen molar-refractivity contribution >= 4 is 34.7 Å². The lowest BCUT2D eigenvalue weighted by atomic mass is 10.1. The summed E-state index contributed by atoms with van der Waals surface area (Å²) in [5.41, 5.74) is 3.51. The van der Waals surface area contributed by atoms with Crippen molar-refractivity contribution in [3.05, 3.63) is 53.5 Å². The van der Waals surface area contributed by atoms with Gasteiger partial charge in [-0.1, -0.05) is 18.2 Å². The fraction of sp³-hybridized carbons (Fsp3) is 0.286. The van der Waals surface area contributed by atoms with Gasteiger partial charge in [-0.3, -0.25) is 10.1 Å². The van der Waals surface area contributed by atoms with E-state index in [1.807, 2.05) is 50.4 Å². The molecule has 1 saturated heterocycles. The van der Waals surface area contributed by atoms with Crippen molar-refractivity contribution in [2.24, 2.45) is 4.99 Å². The van der Waals surface area contributed by atoms with Gasteiger partial charge in [-0.05, 0) is 38.0 Å². The molecule has 30 heavy (non-hydrogen) atoms. The molecule has 9 heteroatoms. The van der Waals surface area contributed by atoms with Crippen molar-refractivity contribution in [1.29, 1.82) is 0 Å². The predicted octanol–water partition coefficient (Wildman–Crippen LogP) is 0.745. The summed E-state index contributed by atoms with van der Waals surface area (Å²) in [5, 5.41) is 15.5. The van der Waals surface area contributed by atoms with E-state index in [1.165, 1.54) is 0 Å². The van der Waals surface area contributed by atoms with Crippen LogP contribution < -0.4 is 10.4 Å². The molecule has 1 aromatic carbocycles. The lowest BCUT2D eigenvalue weighted by Gasteiger charge is -2.38. The Labute approximate surface area is 172 Å². The molecule has 2 N–H and O–H groups in total. The lowest BCUT2D eigenvalue weighted by Crippen LogP contribution is -2.61. The van der Waals surface area contributed by atoms with Crippen LogP contribution >= 0.6 is 0 Å². The number of aromatic nitrogens is 3. The number of carbonyl (C=O) groups excluding carboxylic acids is 2. The molecule has 1 aliphatic heterocycles. The molecule has 1 aliphatic rings. The molecular weight excluding hydrogens is 384 g/mol. The largest absolute Gasteiger partial charge is 0.548 e. The number of carboxylic acid groups (broad SMARTS) is 1. The number of fused-ring (bicyclic) bond motifs is 1. The molecule has 0 aliphatic carbocycles. The summed E-state index contributed by atoms with van der Waals surface area (Å²) < 4.78 is 0. The Morgan fingerprint density at radius 1 is 1.27 bits per heavy atom. The second-order valence-electron chi connectivity index (χ2n) is 7.28. The number of carbonyl (C=O) groups is 2. The van der Waals surface area contributed by atoms with Crippen LogP contribution in [-0.4, -0.2) is 50.3 Å². The minimum Gasteiger partial charge on any atom is -0.548 e. The SMILES string of the molecule is Cc1cc(C)nc(/N=C2\NC(=O)C[C@@H](C(=O)[O-])N2CCc2c[nH]c3ccccc23)n1. The van der Waals surface area contributed by atoms with Gasteiger partial charge in [0.2, 0.25) is 11.9 Å². The van der Waals surface area contributed by atoms with Crippen LogP contribution in [0.1, 0.15) is 23.4 Å². The maximum absolute atomic E-state index is 12.1. The number of aryl methyl sites for hydroxylation is 2. The predicted molar refractivity (Wildman–Crippen MR) is 109 cm³/mol. The van der Waals surface area contributed by atoms with E-state index in [0.29, 0.717) is 13.0 Å². The van der Waals surface area contributed by atoms with Crippen molar-refractivity contribution in [2.75, 3.05) is 6.54 Å². The lowest BCUT2D eigenvalue weighted by molar-refractivity contribution is -0.311. The number of benzene rings is 1. The van der Waals surface area contributed by atoms with E-state index in [1.54, 1.807) is 4.90 Å². The van der Waals surface area contributed by atoms with Crippen molar-refractivity contribution in [2.45, 2.75) is 32.7 Å². The van der Waals surface area contributed by atoms with Crippen LogP contribution in [0, 0.1) is 13.8 Å². The highest BCUT2D eigenvalue weighted by Crippen LogP contribution is 2.20. The quantitative estimate of drug-likeness (QED) is 0.645. The van der Waals surface area contributed by atoms with Gasteiger partial charge in [0.25, 0.3) is 5.95 Å². The van der Waals surface area contributed by atoms with Crippen molar-refractivity contribution in [3.8, 4) is 0 Å². The molecule has 1 fully saturated rings. The Bertz CT molecular complexity index is 1130. The first-order valence-corrected chi connectivity index (χ1v) is 9.64. The minimum atomic E-state index is -1.32. The smallest absolute Gasteiger partial charge is 0.253 e. The van der Waals surface area contributed by atoms with Gasteiger partial charge in [-0.25, -0.2) is 9.97 Å². The zero-order valence-corrected chi connectivity index (χ0v) is 16.7. The highest BCUT2D eigenvalue weighted by atomic mass is 16.4. The molecule has 0 saturated carbocycles. The van der Waals surface area contributed by atoms with Crippen LogP contribution in [0.4, 0.5) is 5.95 Å². The molecule has 0 spiro atoms. The Kier molecular flexibility index (Phi) is 5.18. The molecule has 154 valence electrons. The molecule has 0 radical (unpaired) electrons. The Hall–Kier alpha value is -3.75. The number of H-pyrrole nitrogens is 1. The van der Waals surface area contributed by atoms with Crippen molar-refractivity contribution in [3.63, 3.8) is 0 Å². The zero-order valence-electron chi connectivity index (χ0n) is 16.7. The third-order valence-corrected chi connectivity index (χ3v) is 5.02. The van der Waals surface area contributed by atoms with Crippen LogP contribution in [0.2, 0.25) is 0 Å². The topological polar surface area (TPSA) is 126 Å². The molecule has 4 rings (SSSR count). The Morgan fingerprint density at radius 2 is 2.00 bits per heavy atom. The summed E-state index contributed by atoms with van der Waals surface area (Å²) in [4.78, 5) is 41.5. The number of guanidine groups is 1. The number of nitrogens with one attached hydrogen (secondary N) is 2. The highest BCUT2D eigenvalue weighted by molar-refractivity contribution is 6.03. The van der Waals surface area contributed by atoms with E-state index in [2.05, 4.69) is 25.3 Å². The summed E-state index contributed by atoms with van der Waals surface area (Å²) in [5.74, 6) is -1.47. The van der Waals surface area contributed by atoms with E-state index >= 15 is 0 Å². The van der Waals surface area contributed by atoms with Gasteiger partial charge in [-0.2, -0.15) is 4.99 Å². The fourth-order valence-electron chi connectivity index (χ4n) is 3.68. The second-order valence-corrected chi connectivity index (χ2v) is 7.28. The molecule has 3 aromatic rings. The first-order chi connectivity index (χ1) is 14.4. The number of hydrogen-bond donors (Lipinski definition) is 2. The number of aliphatic carboxylic acids is 1. The van der Waals surface area contributed by atoms with Gasteiger partial charge in [0.15, 0.2) is 0 Å². The van der Waals surface area contributed by atoms with E-state index in [-0.39, 0.29) is 18.3 Å². The van der Waals surface area contributed by atoms with Crippen LogP contribution in [0.5, 0.6) is 0 Å². The van der Waals surface area contributed by atoms with E-state index in [0.717, 1.165) is 27.9 Å². The van der Waals surface area contributed by atoms with Gasteiger partial charge >= 0.3 is 0 Å². The number of rotatable bonds is 5. The molecule has 9 nitrogen and oxygen atoms in total. The minimum absolute atomic E-state index is 0.116. The number of amides is 1.